The summed E-state index contributed by atoms with van der Waals surface area (Å²) in [5.41, 5.74) is 2.04. The van der Waals surface area contributed by atoms with Crippen LogP contribution >= 0.6 is 11.6 Å². The van der Waals surface area contributed by atoms with Crippen molar-refractivity contribution in [1.29, 1.82) is 0 Å². The van der Waals surface area contributed by atoms with Crippen molar-refractivity contribution in [2.24, 2.45) is 0 Å². The van der Waals surface area contributed by atoms with Gasteiger partial charge in [0.2, 0.25) is 5.91 Å². The third-order valence-corrected chi connectivity index (χ3v) is 7.16. The fourth-order valence-corrected chi connectivity index (χ4v) is 5.04. The summed E-state index contributed by atoms with van der Waals surface area (Å²) in [5, 5.41) is 6.98. The molecule has 2 fully saturated rings. The maximum absolute atomic E-state index is 14.8. The number of nitrogens with zero attached hydrogens (tertiary/aromatic N) is 4. The number of carbonyl (C=O) groups excluding carboxylic acids is 1. The number of benzene rings is 2. The Morgan fingerprint density at radius 2 is 2.05 bits per heavy atom. The van der Waals surface area contributed by atoms with Crippen molar-refractivity contribution < 1.29 is 27.9 Å². The molecular weight excluding hydrogens is 558 g/mol. The highest BCUT2D eigenvalue weighted by molar-refractivity contribution is 6.31. The lowest BCUT2D eigenvalue weighted by Crippen LogP contribution is -2.41. The first-order chi connectivity index (χ1) is 19.8. The second kappa shape index (κ2) is 12.2. The number of hydrogen-bond donors (Lipinski definition) is 2. The van der Waals surface area contributed by atoms with Gasteiger partial charge in [0.25, 0.3) is 0 Å². The Bertz CT molecular complexity index is 1460. The molecule has 3 aromatic rings. The number of carbonyl (C=O) groups is 1. The highest BCUT2D eigenvalue weighted by atomic mass is 35.5. The molecule has 41 heavy (non-hydrogen) atoms. The number of nitrogens with one attached hydrogen (secondary N) is 2. The molecule has 0 unspecified atom stereocenters. The summed E-state index contributed by atoms with van der Waals surface area (Å²) >= 11 is 5.82. The number of hydroxylamine groups is 1. The van der Waals surface area contributed by atoms with E-state index >= 15 is 0 Å². The Hall–Kier alpha value is -4.00. The van der Waals surface area contributed by atoms with Crippen LogP contribution in [0.3, 0.4) is 0 Å². The Kier molecular flexibility index (Phi) is 8.52. The van der Waals surface area contributed by atoms with Gasteiger partial charge in [-0.1, -0.05) is 24.2 Å². The molecule has 10 nitrogen and oxygen atoms in total. The molecule has 2 aliphatic rings. The average molecular weight is 587 g/mol. The lowest BCUT2D eigenvalue weighted by Gasteiger charge is -2.34. The number of hydrogen-bond acceptors (Lipinski definition) is 9. The molecule has 1 amide bonds. The van der Waals surface area contributed by atoms with Crippen LogP contribution in [0.15, 0.2) is 49.3 Å². The molecular formula is C28H29ClF2N6O4. The highest BCUT2D eigenvalue weighted by Crippen LogP contribution is 2.41. The number of ether oxygens (including phenoxy) is 2. The molecule has 2 atom stereocenters. The normalized spacial score (nSPS) is 18.8. The first kappa shape index (κ1) is 28.5. The minimum atomic E-state index is -0.840. The van der Waals surface area contributed by atoms with Crippen molar-refractivity contribution in [3.8, 4) is 5.75 Å². The van der Waals surface area contributed by atoms with Gasteiger partial charge in [0.05, 0.1) is 49.5 Å². The second-order valence-corrected chi connectivity index (χ2v) is 9.88. The Balaban J connectivity index is 1.46. The summed E-state index contributed by atoms with van der Waals surface area (Å²) < 4.78 is 40.0. The van der Waals surface area contributed by atoms with Gasteiger partial charge in [0.1, 0.15) is 34.6 Å². The largest absolute Gasteiger partial charge is 0.494 e. The molecule has 13 heteroatoms. The van der Waals surface area contributed by atoms with E-state index in [1.807, 2.05) is 13.0 Å². The van der Waals surface area contributed by atoms with Crippen LogP contribution in [-0.4, -0.2) is 55.4 Å². The third-order valence-electron chi connectivity index (χ3n) is 6.81. The molecule has 0 bridgehead atoms. The molecule has 0 aliphatic carbocycles. The predicted molar refractivity (Wildman–Crippen MR) is 152 cm³/mol. The van der Waals surface area contributed by atoms with E-state index in [-0.39, 0.29) is 17.6 Å². The summed E-state index contributed by atoms with van der Waals surface area (Å²) in [4.78, 5) is 28.8. The maximum Gasteiger partial charge on any atom is 0.247 e. The molecule has 2 aromatic carbocycles. The van der Waals surface area contributed by atoms with E-state index in [0.29, 0.717) is 61.5 Å². The molecule has 2 aliphatic heterocycles. The molecule has 0 spiro atoms. The van der Waals surface area contributed by atoms with E-state index in [0.717, 1.165) is 11.8 Å². The van der Waals surface area contributed by atoms with Crippen LogP contribution in [0.2, 0.25) is 5.02 Å². The molecule has 0 radical (unpaired) electrons. The Morgan fingerprint density at radius 1 is 1.22 bits per heavy atom. The monoisotopic (exact) mass is 586 g/mol. The zero-order valence-electron chi connectivity index (χ0n) is 22.5. The molecule has 2 saturated heterocycles. The van der Waals surface area contributed by atoms with Crippen molar-refractivity contribution in [2.45, 2.75) is 25.5 Å². The van der Waals surface area contributed by atoms with Crippen LogP contribution in [0.1, 0.15) is 24.9 Å². The zero-order chi connectivity index (χ0) is 29.1. The molecule has 216 valence electrons. The van der Waals surface area contributed by atoms with Crippen LogP contribution in [-0.2, 0) is 14.4 Å². The first-order valence-corrected chi connectivity index (χ1v) is 13.3. The molecule has 3 heterocycles. The minimum Gasteiger partial charge on any atom is -0.494 e. The van der Waals surface area contributed by atoms with Gasteiger partial charge in [0, 0.05) is 37.2 Å². The molecule has 1 aromatic heterocycles. The number of amides is 1. The second-order valence-electron chi connectivity index (χ2n) is 9.50. The number of rotatable bonds is 8. The Labute approximate surface area is 240 Å². The van der Waals surface area contributed by atoms with Crippen LogP contribution in [0.5, 0.6) is 5.75 Å². The van der Waals surface area contributed by atoms with Crippen LogP contribution in [0, 0.1) is 11.6 Å². The number of anilines is 5. The van der Waals surface area contributed by atoms with Crippen molar-refractivity contribution in [1.82, 2.24) is 9.97 Å². The zero-order valence-corrected chi connectivity index (χ0v) is 23.3. The number of methoxy groups -OCH3 is 1. The van der Waals surface area contributed by atoms with Crippen molar-refractivity contribution in [2.75, 3.05) is 54.0 Å². The van der Waals surface area contributed by atoms with Crippen LogP contribution < -0.4 is 25.3 Å². The van der Waals surface area contributed by atoms with Gasteiger partial charge < -0.3 is 25.0 Å². The van der Waals surface area contributed by atoms with E-state index in [1.54, 1.807) is 19.2 Å². The van der Waals surface area contributed by atoms with Gasteiger partial charge in [-0.15, -0.1) is 0 Å². The van der Waals surface area contributed by atoms with E-state index in [1.165, 1.54) is 23.5 Å². The summed E-state index contributed by atoms with van der Waals surface area (Å²) in [6.45, 7) is 7.67. The molecule has 2 N–H and O–H groups in total. The minimum absolute atomic E-state index is 0.0194. The first-order valence-electron chi connectivity index (χ1n) is 13.0. The van der Waals surface area contributed by atoms with E-state index in [9.17, 15) is 13.6 Å². The van der Waals surface area contributed by atoms with Gasteiger partial charge in [-0.25, -0.2) is 23.8 Å². The van der Waals surface area contributed by atoms with E-state index < -0.39 is 22.7 Å². The lowest BCUT2D eigenvalue weighted by atomic mass is 10.0. The van der Waals surface area contributed by atoms with Gasteiger partial charge in [-0.2, -0.15) is 0 Å². The SMILES string of the molecule is C=CC(=O)Nc1cc(Nc2cc(N3OCC[C@@H]3c3ccc(F)c(Cl)c3F)ncn2)c(OC)cc1N1CCO[C@@H](C)C1. The quantitative estimate of drug-likeness (QED) is 0.266. The van der Waals surface area contributed by atoms with Crippen molar-refractivity contribution >= 4 is 46.2 Å². The number of aromatic nitrogens is 2. The van der Waals surface area contributed by atoms with Crippen LogP contribution in [0.25, 0.3) is 0 Å². The fourth-order valence-electron chi connectivity index (χ4n) is 4.87. The standard InChI is InChI=1S/C28H29ClF2N6O4/c1-4-26(38)35-19-11-20(23(39-3)12-22(19)36-8-10-40-16(2)14-36)34-24-13-25(33-15-32-24)37-21(7-9-41-37)17-5-6-18(30)27(29)28(17)31/h4-6,11-13,15-16,21H,1,7-10,14H2,2-3H3,(H,35,38)(H,32,33,34)/t16-,21+/m0/s1. The maximum atomic E-state index is 14.8. The molecule has 0 saturated carbocycles. The van der Waals surface area contributed by atoms with Crippen molar-refractivity contribution in [3.63, 3.8) is 0 Å². The summed E-state index contributed by atoms with van der Waals surface area (Å²) in [5.74, 6) is -0.795. The Morgan fingerprint density at radius 3 is 2.80 bits per heavy atom. The highest BCUT2D eigenvalue weighted by Gasteiger charge is 2.32. The number of halogens is 3. The lowest BCUT2D eigenvalue weighted by molar-refractivity contribution is -0.111. The van der Waals surface area contributed by atoms with Crippen molar-refractivity contribution in [3.05, 3.63) is 71.5 Å². The van der Waals surface area contributed by atoms with E-state index in [4.69, 9.17) is 25.9 Å². The van der Waals surface area contributed by atoms with Gasteiger partial charge >= 0.3 is 0 Å². The fraction of sp³-hybridized carbons (Fsp3) is 0.321. The summed E-state index contributed by atoms with van der Waals surface area (Å²) in [7, 11) is 1.55. The smallest absolute Gasteiger partial charge is 0.247 e. The van der Waals surface area contributed by atoms with E-state index in [2.05, 4.69) is 32.1 Å². The van der Waals surface area contributed by atoms with Crippen LogP contribution in [0.4, 0.5) is 37.5 Å². The van der Waals surface area contributed by atoms with Gasteiger partial charge in [-0.05, 0) is 25.1 Å². The van der Waals surface area contributed by atoms with Gasteiger partial charge in [-0.3, -0.25) is 9.63 Å². The number of morpholine rings is 1. The predicted octanol–water partition coefficient (Wildman–Crippen LogP) is 5.39. The summed E-state index contributed by atoms with van der Waals surface area (Å²) in [6, 6.07) is 7.11. The van der Waals surface area contributed by atoms with Gasteiger partial charge in [0.15, 0.2) is 5.82 Å². The summed E-state index contributed by atoms with van der Waals surface area (Å²) in [6.07, 6.45) is 2.99. The molecule has 5 rings (SSSR count). The topological polar surface area (TPSA) is 101 Å². The average Bonchev–Trinajstić information content (AvgIpc) is 3.46. The third kappa shape index (κ3) is 6.04.